The van der Waals surface area contributed by atoms with Crippen molar-refractivity contribution in [2.45, 2.75) is 0 Å². The van der Waals surface area contributed by atoms with Gasteiger partial charge in [0.15, 0.2) is 0 Å². The van der Waals surface area contributed by atoms with Gasteiger partial charge in [-0.25, -0.2) is 4.98 Å². The van der Waals surface area contributed by atoms with Crippen molar-refractivity contribution >= 4 is 23.1 Å². The van der Waals surface area contributed by atoms with E-state index in [1.54, 1.807) is 26.4 Å². The van der Waals surface area contributed by atoms with Gasteiger partial charge in [-0.2, -0.15) is 0 Å². The second-order valence-corrected chi connectivity index (χ2v) is 5.06. The second-order valence-electron chi connectivity index (χ2n) is 5.06. The van der Waals surface area contributed by atoms with Gasteiger partial charge in [-0.15, -0.1) is 0 Å². The molecule has 0 amide bonds. The topological polar surface area (TPSA) is 51.6 Å². The van der Waals surface area contributed by atoms with Gasteiger partial charge in [0.2, 0.25) is 0 Å². The van der Waals surface area contributed by atoms with E-state index in [-0.39, 0.29) is 5.75 Å². The Labute approximate surface area is 134 Å². The number of ether oxygens (including phenoxy) is 2. The summed E-state index contributed by atoms with van der Waals surface area (Å²) in [5, 5.41) is 10.8. The molecule has 0 fully saturated rings. The van der Waals surface area contributed by atoms with Crippen molar-refractivity contribution in [3.63, 3.8) is 0 Å². The summed E-state index contributed by atoms with van der Waals surface area (Å²) >= 11 is 0. The van der Waals surface area contributed by atoms with Crippen molar-refractivity contribution in [2.24, 2.45) is 0 Å². The highest BCUT2D eigenvalue weighted by molar-refractivity contribution is 5.85. The van der Waals surface area contributed by atoms with Gasteiger partial charge in [0, 0.05) is 11.5 Å². The summed E-state index contributed by atoms with van der Waals surface area (Å²) in [7, 11) is 3.24. The number of aromatic hydroxyl groups is 1. The van der Waals surface area contributed by atoms with Crippen LogP contribution in [0.3, 0.4) is 0 Å². The number of phenols is 1. The van der Waals surface area contributed by atoms with Crippen LogP contribution in [0, 0.1) is 0 Å². The van der Waals surface area contributed by atoms with Crippen LogP contribution >= 0.6 is 0 Å². The third-order valence-corrected chi connectivity index (χ3v) is 3.54. The Kier molecular flexibility index (Phi) is 4.15. The highest BCUT2D eigenvalue weighted by Gasteiger charge is 2.02. The van der Waals surface area contributed by atoms with Gasteiger partial charge in [-0.3, -0.25) is 0 Å². The molecule has 0 saturated heterocycles. The molecule has 1 heterocycles. The van der Waals surface area contributed by atoms with Gasteiger partial charge >= 0.3 is 0 Å². The molecule has 3 aromatic rings. The number of hydrogen-bond donors (Lipinski definition) is 1. The first-order valence-electron chi connectivity index (χ1n) is 7.19. The van der Waals surface area contributed by atoms with Gasteiger partial charge in [0.1, 0.15) is 22.8 Å². The molecule has 2 aromatic carbocycles. The molecule has 1 aromatic heterocycles. The summed E-state index contributed by atoms with van der Waals surface area (Å²) in [6, 6.07) is 14.9. The Hall–Kier alpha value is -3.01. The van der Waals surface area contributed by atoms with Crippen LogP contribution in [-0.4, -0.2) is 24.3 Å². The van der Waals surface area contributed by atoms with Crippen molar-refractivity contribution in [3.05, 3.63) is 59.8 Å². The molecule has 1 N–H and O–H groups in total. The van der Waals surface area contributed by atoms with E-state index in [4.69, 9.17) is 9.47 Å². The Morgan fingerprint density at radius 1 is 0.913 bits per heavy atom. The molecule has 4 heteroatoms. The van der Waals surface area contributed by atoms with E-state index < -0.39 is 0 Å². The zero-order valence-corrected chi connectivity index (χ0v) is 13.0. The molecule has 0 unspecified atom stereocenters. The Morgan fingerprint density at radius 3 is 2.35 bits per heavy atom. The van der Waals surface area contributed by atoms with E-state index in [9.17, 15) is 5.11 Å². The van der Waals surface area contributed by atoms with E-state index in [2.05, 4.69) is 4.98 Å². The van der Waals surface area contributed by atoms with Crippen LogP contribution in [0.1, 0.15) is 11.3 Å². The Morgan fingerprint density at radius 2 is 1.65 bits per heavy atom. The summed E-state index contributed by atoms with van der Waals surface area (Å²) in [5.74, 6) is 1.64. The molecule has 23 heavy (non-hydrogen) atoms. The van der Waals surface area contributed by atoms with Crippen LogP contribution in [0.5, 0.6) is 17.2 Å². The van der Waals surface area contributed by atoms with Gasteiger partial charge in [0.25, 0.3) is 0 Å². The smallest absolute Gasteiger partial charge is 0.141 e. The molecule has 0 aliphatic heterocycles. The first-order valence-corrected chi connectivity index (χ1v) is 7.19. The first-order chi connectivity index (χ1) is 11.2. The standard InChI is InChI=1S/C19H17NO3/c1-22-16-10-13(11-17(12-16)23-2)6-8-15-9-7-14-4-3-5-18(21)19(14)20-15/h3-12,21H,1-2H3/b8-6+. The molecule has 116 valence electrons. The van der Waals surface area contributed by atoms with Crippen molar-refractivity contribution < 1.29 is 14.6 Å². The maximum Gasteiger partial charge on any atom is 0.141 e. The molecule has 0 aliphatic rings. The molecule has 0 saturated carbocycles. The van der Waals surface area contributed by atoms with Crippen LogP contribution in [0.25, 0.3) is 23.1 Å². The number of aromatic nitrogens is 1. The Bertz CT molecular complexity index is 849. The normalized spacial score (nSPS) is 11.0. The average molecular weight is 307 g/mol. The molecular weight excluding hydrogens is 290 g/mol. The SMILES string of the molecule is COc1cc(/C=C/c2ccc3cccc(O)c3n2)cc(OC)c1. The molecule has 0 bridgehead atoms. The lowest BCUT2D eigenvalue weighted by Gasteiger charge is -2.06. The molecular formula is C19H17NO3. The number of pyridine rings is 1. The van der Waals surface area contributed by atoms with Crippen molar-refractivity contribution in [2.75, 3.05) is 14.2 Å². The van der Waals surface area contributed by atoms with Gasteiger partial charge in [-0.1, -0.05) is 24.3 Å². The van der Waals surface area contributed by atoms with Gasteiger partial charge in [0.05, 0.1) is 19.9 Å². The maximum absolute atomic E-state index is 9.90. The number of benzene rings is 2. The van der Waals surface area contributed by atoms with E-state index in [0.29, 0.717) is 5.52 Å². The van der Waals surface area contributed by atoms with Crippen LogP contribution in [0.4, 0.5) is 0 Å². The third-order valence-electron chi connectivity index (χ3n) is 3.54. The number of hydrogen-bond acceptors (Lipinski definition) is 4. The van der Waals surface area contributed by atoms with E-state index in [1.807, 2.05) is 48.6 Å². The highest BCUT2D eigenvalue weighted by Crippen LogP contribution is 2.25. The van der Waals surface area contributed by atoms with Gasteiger partial charge < -0.3 is 14.6 Å². The second kappa shape index (κ2) is 6.40. The Balaban J connectivity index is 1.95. The predicted octanol–water partition coefficient (Wildman–Crippen LogP) is 4.13. The van der Waals surface area contributed by atoms with Crippen LogP contribution in [0.15, 0.2) is 48.5 Å². The highest BCUT2D eigenvalue weighted by atomic mass is 16.5. The minimum atomic E-state index is 0.181. The minimum absolute atomic E-state index is 0.181. The maximum atomic E-state index is 9.90. The third kappa shape index (κ3) is 3.26. The molecule has 0 atom stereocenters. The zero-order chi connectivity index (χ0) is 16.2. The molecule has 0 spiro atoms. The number of nitrogens with zero attached hydrogens (tertiary/aromatic N) is 1. The number of rotatable bonds is 4. The average Bonchev–Trinajstić information content (AvgIpc) is 2.60. The van der Waals surface area contributed by atoms with Crippen molar-refractivity contribution in [1.29, 1.82) is 0 Å². The molecule has 0 aliphatic carbocycles. The van der Waals surface area contributed by atoms with Crippen molar-refractivity contribution in [3.8, 4) is 17.2 Å². The summed E-state index contributed by atoms with van der Waals surface area (Å²) < 4.78 is 10.5. The predicted molar refractivity (Wildman–Crippen MR) is 91.9 cm³/mol. The molecule has 4 nitrogen and oxygen atoms in total. The lowest BCUT2D eigenvalue weighted by molar-refractivity contribution is 0.394. The van der Waals surface area contributed by atoms with Crippen LogP contribution in [0.2, 0.25) is 0 Å². The quantitative estimate of drug-likeness (QED) is 0.787. The lowest BCUT2D eigenvalue weighted by Crippen LogP contribution is -1.88. The van der Waals surface area contributed by atoms with E-state index in [0.717, 1.165) is 28.1 Å². The summed E-state index contributed by atoms with van der Waals surface area (Å²) in [5.41, 5.74) is 2.30. The van der Waals surface area contributed by atoms with Gasteiger partial charge in [-0.05, 0) is 35.9 Å². The lowest BCUT2D eigenvalue weighted by atomic mass is 10.1. The number of phenolic OH excluding ortho intramolecular Hbond substituents is 1. The van der Waals surface area contributed by atoms with E-state index in [1.165, 1.54) is 0 Å². The summed E-state index contributed by atoms with van der Waals surface area (Å²) in [6.07, 6.45) is 3.82. The number of fused-ring (bicyclic) bond motifs is 1. The first kappa shape index (κ1) is 14.9. The van der Waals surface area contributed by atoms with Crippen LogP contribution in [-0.2, 0) is 0 Å². The summed E-state index contributed by atoms with van der Waals surface area (Å²) in [6.45, 7) is 0. The largest absolute Gasteiger partial charge is 0.506 e. The van der Waals surface area contributed by atoms with E-state index >= 15 is 0 Å². The molecule has 0 radical (unpaired) electrons. The fraction of sp³-hybridized carbons (Fsp3) is 0.105. The molecule has 3 rings (SSSR count). The number of methoxy groups -OCH3 is 2. The van der Waals surface area contributed by atoms with Crippen LogP contribution < -0.4 is 9.47 Å². The van der Waals surface area contributed by atoms with Crippen molar-refractivity contribution in [1.82, 2.24) is 4.98 Å². The fourth-order valence-corrected chi connectivity index (χ4v) is 2.35. The zero-order valence-electron chi connectivity index (χ0n) is 13.0. The summed E-state index contributed by atoms with van der Waals surface area (Å²) in [4.78, 5) is 4.48. The number of para-hydroxylation sites is 1. The monoisotopic (exact) mass is 307 g/mol. The minimum Gasteiger partial charge on any atom is -0.506 e. The fourth-order valence-electron chi connectivity index (χ4n) is 2.35.